The number of aromatic nitrogens is 1. The Morgan fingerprint density at radius 3 is 3.04 bits per heavy atom. The van der Waals surface area contributed by atoms with Gasteiger partial charge in [-0.05, 0) is 56.5 Å². The van der Waals surface area contributed by atoms with Crippen LogP contribution < -0.4 is 5.32 Å². The van der Waals surface area contributed by atoms with Crippen molar-refractivity contribution in [3.8, 4) is 0 Å². The van der Waals surface area contributed by atoms with E-state index in [2.05, 4.69) is 22.2 Å². The molecule has 4 rings (SSSR count). The van der Waals surface area contributed by atoms with Crippen LogP contribution in [0.1, 0.15) is 24.8 Å². The molecule has 0 radical (unpaired) electrons. The fourth-order valence-corrected chi connectivity index (χ4v) is 4.27. The van der Waals surface area contributed by atoms with Gasteiger partial charge in [-0.15, -0.1) is 0 Å². The normalized spacial score (nSPS) is 23.8. The van der Waals surface area contributed by atoms with E-state index in [1.165, 1.54) is 18.9 Å². The molecule has 2 fully saturated rings. The number of rotatable bonds is 3. The van der Waals surface area contributed by atoms with Crippen molar-refractivity contribution in [1.29, 1.82) is 0 Å². The molecule has 2 atom stereocenters. The molecule has 1 aromatic carbocycles. The molecule has 2 aromatic rings. The van der Waals surface area contributed by atoms with Crippen LogP contribution in [0.4, 0.5) is 9.18 Å². The second-order valence-corrected chi connectivity index (χ2v) is 7.27. The SMILES string of the molecule is CN1[C@H]2CC[C@H]1CN(C(=O)NCCc1c[nH]c3ccc(F)cc13)CC2. The third-order valence-corrected chi connectivity index (χ3v) is 5.84. The van der Waals surface area contributed by atoms with Gasteiger partial charge in [0.2, 0.25) is 0 Å². The van der Waals surface area contributed by atoms with Gasteiger partial charge in [0.15, 0.2) is 0 Å². The van der Waals surface area contributed by atoms with E-state index in [1.807, 2.05) is 11.1 Å². The lowest BCUT2D eigenvalue weighted by Gasteiger charge is -2.26. The highest BCUT2D eigenvalue weighted by molar-refractivity contribution is 5.83. The molecular formula is C19H25FN4O. The number of likely N-dealkylation sites (N-methyl/N-ethyl adjacent to an activating group) is 1. The van der Waals surface area contributed by atoms with Gasteiger partial charge < -0.3 is 15.2 Å². The first-order valence-electron chi connectivity index (χ1n) is 9.12. The van der Waals surface area contributed by atoms with Crippen molar-refractivity contribution < 1.29 is 9.18 Å². The number of fused-ring (bicyclic) bond motifs is 3. The van der Waals surface area contributed by atoms with Crippen molar-refractivity contribution in [2.24, 2.45) is 0 Å². The fraction of sp³-hybridized carbons (Fsp3) is 0.526. The zero-order valence-corrected chi connectivity index (χ0v) is 14.6. The summed E-state index contributed by atoms with van der Waals surface area (Å²) in [7, 11) is 2.18. The molecule has 3 heterocycles. The van der Waals surface area contributed by atoms with E-state index in [-0.39, 0.29) is 11.8 Å². The van der Waals surface area contributed by atoms with E-state index in [4.69, 9.17) is 0 Å². The minimum Gasteiger partial charge on any atom is -0.361 e. The van der Waals surface area contributed by atoms with Crippen molar-refractivity contribution in [3.63, 3.8) is 0 Å². The topological polar surface area (TPSA) is 51.4 Å². The highest BCUT2D eigenvalue weighted by Gasteiger charge is 2.35. The van der Waals surface area contributed by atoms with Gasteiger partial charge >= 0.3 is 6.03 Å². The molecule has 0 saturated carbocycles. The molecule has 6 heteroatoms. The number of nitrogens with one attached hydrogen (secondary N) is 2. The Balaban J connectivity index is 1.33. The van der Waals surface area contributed by atoms with Crippen LogP contribution in [-0.4, -0.2) is 59.6 Å². The van der Waals surface area contributed by atoms with Gasteiger partial charge in [0.1, 0.15) is 5.82 Å². The maximum atomic E-state index is 13.4. The van der Waals surface area contributed by atoms with Gasteiger partial charge in [-0.3, -0.25) is 4.90 Å². The molecule has 5 nitrogen and oxygen atoms in total. The number of halogens is 1. The van der Waals surface area contributed by atoms with E-state index in [1.54, 1.807) is 12.1 Å². The van der Waals surface area contributed by atoms with Crippen molar-refractivity contribution in [2.45, 2.75) is 37.8 Å². The van der Waals surface area contributed by atoms with E-state index in [9.17, 15) is 9.18 Å². The first-order chi connectivity index (χ1) is 12.1. The minimum atomic E-state index is -0.235. The summed E-state index contributed by atoms with van der Waals surface area (Å²) in [6.45, 7) is 2.20. The summed E-state index contributed by atoms with van der Waals surface area (Å²) in [6, 6.07) is 5.89. The number of carbonyl (C=O) groups excluding carboxylic acids is 1. The van der Waals surface area contributed by atoms with E-state index in [0.29, 0.717) is 25.0 Å². The summed E-state index contributed by atoms with van der Waals surface area (Å²) < 4.78 is 13.4. The fourth-order valence-electron chi connectivity index (χ4n) is 4.27. The molecule has 134 valence electrons. The first-order valence-corrected chi connectivity index (χ1v) is 9.12. The molecule has 0 aliphatic carbocycles. The van der Waals surface area contributed by atoms with Gasteiger partial charge in [-0.25, -0.2) is 9.18 Å². The second kappa shape index (κ2) is 6.67. The van der Waals surface area contributed by atoms with Crippen molar-refractivity contribution in [2.75, 3.05) is 26.7 Å². The average Bonchev–Trinajstić information content (AvgIpc) is 3.08. The summed E-state index contributed by atoms with van der Waals surface area (Å²) in [5.41, 5.74) is 1.96. The van der Waals surface area contributed by atoms with Crippen LogP contribution in [0.3, 0.4) is 0 Å². The predicted molar refractivity (Wildman–Crippen MR) is 96.1 cm³/mol. The maximum absolute atomic E-state index is 13.4. The van der Waals surface area contributed by atoms with Crippen LogP contribution in [0.25, 0.3) is 10.9 Å². The van der Waals surface area contributed by atoms with Crippen LogP contribution in [-0.2, 0) is 6.42 Å². The molecule has 2 N–H and O–H groups in total. The first kappa shape index (κ1) is 16.4. The number of nitrogens with zero attached hydrogens (tertiary/aromatic N) is 2. The number of hydrogen-bond acceptors (Lipinski definition) is 2. The van der Waals surface area contributed by atoms with Gasteiger partial charge in [-0.2, -0.15) is 0 Å². The Kier molecular flexibility index (Phi) is 4.37. The summed E-state index contributed by atoms with van der Waals surface area (Å²) in [6.07, 6.45) is 6.09. The molecule has 2 aliphatic heterocycles. The van der Waals surface area contributed by atoms with Crippen molar-refractivity contribution in [3.05, 3.63) is 35.8 Å². The van der Waals surface area contributed by atoms with Crippen LogP contribution in [0.2, 0.25) is 0 Å². The standard InChI is InChI=1S/C19H25FN4O/c1-23-15-3-4-16(23)12-24(9-7-15)19(25)21-8-6-13-11-22-18-5-2-14(20)10-17(13)18/h2,5,10-11,15-16,22H,3-4,6-9,12H2,1H3,(H,21,25)/t15-,16-/m0/s1. The Morgan fingerprint density at radius 2 is 2.16 bits per heavy atom. The van der Waals surface area contributed by atoms with Gasteiger partial charge in [0.05, 0.1) is 0 Å². The summed E-state index contributed by atoms with van der Waals surface area (Å²) in [4.78, 5) is 20.1. The van der Waals surface area contributed by atoms with Crippen LogP contribution in [0, 0.1) is 5.82 Å². The smallest absolute Gasteiger partial charge is 0.317 e. The number of urea groups is 1. The van der Waals surface area contributed by atoms with Crippen LogP contribution in [0.5, 0.6) is 0 Å². The average molecular weight is 344 g/mol. The minimum absolute atomic E-state index is 0.0203. The summed E-state index contributed by atoms with van der Waals surface area (Å²) in [5, 5.41) is 3.92. The summed E-state index contributed by atoms with van der Waals surface area (Å²) >= 11 is 0. The third-order valence-electron chi connectivity index (χ3n) is 5.84. The molecule has 2 amide bonds. The largest absolute Gasteiger partial charge is 0.361 e. The number of amides is 2. The van der Waals surface area contributed by atoms with E-state index >= 15 is 0 Å². The number of aromatic amines is 1. The van der Waals surface area contributed by atoms with Crippen molar-refractivity contribution >= 4 is 16.9 Å². The Bertz CT molecular complexity index is 774. The van der Waals surface area contributed by atoms with Gasteiger partial charge in [0.25, 0.3) is 0 Å². The maximum Gasteiger partial charge on any atom is 0.317 e. The quantitative estimate of drug-likeness (QED) is 0.899. The number of likely N-dealkylation sites (tertiary alicyclic amines) is 1. The Morgan fingerprint density at radius 1 is 1.32 bits per heavy atom. The molecule has 2 bridgehead atoms. The lowest BCUT2D eigenvalue weighted by molar-refractivity contribution is 0.188. The molecule has 2 saturated heterocycles. The number of benzene rings is 1. The molecule has 0 spiro atoms. The van der Waals surface area contributed by atoms with Crippen LogP contribution in [0.15, 0.2) is 24.4 Å². The number of carbonyl (C=O) groups is 1. The lowest BCUT2D eigenvalue weighted by atomic mass is 10.1. The second-order valence-electron chi connectivity index (χ2n) is 7.27. The molecular weight excluding hydrogens is 319 g/mol. The molecule has 0 unspecified atom stereocenters. The Labute approximate surface area is 147 Å². The highest BCUT2D eigenvalue weighted by atomic mass is 19.1. The lowest BCUT2D eigenvalue weighted by Crippen LogP contribution is -2.45. The van der Waals surface area contributed by atoms with Gasteiger partial charge in [-0.1, -0.05) is 0 Å². The predicted octanol–water partition coefficient (Wildman–Crippen LogP) is 2.73. The summed E-state index contributed by atoms with van der Waals surface area (Å²) in [5.74, 6) is -0.235. The Hall–Kier alpha value is -2.08. The number of hydrogen-bond donors (Lipinski definition) is 2. The monoisotopic (exact) mass is 344 g/mol. The van der Waals surface area contributed by atoms with Gasteiger partial charge in [0, 0.05) is 48.8 Å². The van der Waals surface area contributed by atoms with E-state index < -0.39 is 0 Å². The molecule has 25 heavy (non-hydrogen) atoms. The zero-order chi connectivity index (χ0) is 17.4. The highest BCUT2D eigenvalue weighted by Crippen LogP contribution is 2.28. The third kappa shape index (κ3) is 3.23. The van der Waals surface area contributed by atoms with E-state index in [0.717, 1.165) is 36.0 Å². The zero-order valence-electron chi connectivity index (χ0n) is 14.6. The molecule has 1 aromatic heterocycles. The van der Waals surface area contributed by atoms with Crippen molar-refractivity contribution in [1.82, 2.24) is 20.1 Å². The number of H-pyrrole nitrogens is 1. The molecule has 2 aliphatic rings. The van der Waals surface area contributed by atoms with Crippen LogP contribution >= 0.6 is 0 Å².